The molecule has 0 aliphatic heterocycles. The number of halogens is 4. The summed E-state index contributed by atoms with van der Waals surface area (Å²) < 4.78 is 40.5. The Morgan fingerprint density at radius 1 is 1.56 bits per heavy atom. The van der Waals surface area contributed by atoms with Crippen LogP contribution in [0.15, 0.2) is 6.07 Å². The van der Waals surface area contributed by atoms with Gasteiger partial charge in [-0.25, -0.2) is 4.98 Å². The molecule has 0 aliphatic rings. The molecule has 0 saturated heterocycles. The molecule has 1 rings (SSSR count). The van der Waals surface area contributed by atoms with Gasteiger partial charge in [-0.2, -0.15) is 0 Å². The zero-order valence-electron chi connectivity index (χ0n) is 8.79. The molecule has 0 bridgehead atoms. The normalized spacial score (nSPS) is 11.4. The first kappa shape index (κ1) is 15.0. The van der Waals surface area contributed by atoms with E-state index in [4.69, 9.17) is 10.8 Å². The molecule has 0 radical (unpaired) electrons. The van der Waals surface area contributed by atoms with Crippen LogP contribution in [-0.2, 0) is 17.8 Å². The number of aromatic nitrogens is 1. The molecule has 0 atom stereocenters. The summed E-state index contributed by atoms with van der Waals surface area (Å²) in [5.41, 5.74) is 5.34. The van der Waals surface area contributed by atoms with Gasteiger partial charge in [0.2, 0.25) is 0 Å². The van der Waals surface area contributed by atoms with Crippen molar-refractivity contribution in [3.8, 4) is 5.75 Å². The molecule has 0 aromatic carbocycles. The van der Waals surface area contributed by atoms with E-state index < -0.39 is 24.5 Å². The molecular formula is C9H8F3IN2O3. The van der Waals surface area contributed by atoms with E-state index >= 15 is 0 Å². The molecule has 3 N–H and O–H groups in total. The van der Waals surface area contributed by atoms with Crippen LogP contribution in [0.2, 0.25) is 0 Å². The summed E-state index contributed by atoms with van der Waals surface area (Å²) in [6.07, 6.45) is -5.51. The van der Waals surface area contributed by atoms with Gasteiger partial charge in [0.1, 0.15) is 9.45 Å². The van der Waals surface area contributed by atoms with Crippen molar-refractivity contribution in [3.05, 3.63) is 21.0 Å². The largest absolute Gasteiger partial charge is 0.573 e. The van der Waals surface area contributed by atoms with Crippen LogP contribution < -0.4 is 10.5 Å². The van der Waals surface area contributed by atoms with Crippen molar-refractivity contribution in [2.45, 2.75) is 19.3 Å². The van der Waals surface area contributed by atoms with Crippen LogP contribution in [0.3, 0.4) is 0 Å². The van der Waals surface area contributed by atoms with E-state index in [1.807, 2.05) is 0 Å². The average molecular weight is 376 g/mol. The Kier molecular flexibility index (Phi) is 4.73. The second-order valence-corrected chi connectivity index (χ2v) is 4.23. The maximum atomic E-state index is 12.2. The Morgan fingerprint density at radius 3 is 2.61 bits per heavy atom. The van der Waals surface area contributed by atoms with E-state index in [1.54, 1.807) is 22.6 Å². The van der Waals surface area contributed by atoms with Gasteiger partial charge < -0.3 is 15.6 Å². The van der Waals surface area contributed by atoms with Crippen molar-refractivity contribution in [1.29, 1.82) is 0 Å². The SMILES string of the molecule is NCc1cc(OC(F)(F)F)c(CC(=O)O)c(I)n1. The molecule has 0 fully saturated rings. The van der Waals surface area contributed by atoms with E-state index in [-0.39, 0.29) is 21.5 Å². The predicted octanol–water partition coefficient (Wildman–Crippen LogP) is 1.67. The zero-order chi connectivity index (χ0) is 13.9. The monoisotopic (exact) mass is 376 g/mol. The first-order chi connectivity index (χ1) is 8.23. The number of aliphatic carboxylic acids is 1. The number of carboxylic acid groups (broad SMARTS) is 1. The highest BCUT2D eigenvalue weighted by Gasteiger charge is 2.33. The van der Waals surface area contributed by atoms with Gasteiger partial charge in [0.25, 0.3) is 0 Å². The molecular weight excluding hydrogens is 368 g/mol. The van der Waals surface area contributed by atoms with Gasteiger partial charge in [-0.15, -0.1) is 13.2 Å². The van der Waals surface area contributed by atoms with Gasteiger partial charge in [-0.1, -0.05) is 0 Å². The maximum Gasteiger partial charge on any atom is 0.573 e. The molecule has 1 aromatic heterocycles. The van der Waals surface area contributed by atoms with Gasteiger partial charge in [0.15, 0.2) is 0 Å². The van der Waals surface area contributed by atoms with E-state index in [0.29, 0.717) is 0 Å². The molecule has 0 amide bonds. The fourth-order valence-corrected chi connectivity index (χ4v) is 1.96. The van der Waals surface area contributed by atoms with Crippen molar-refractivity contribution < 1.29 is 27.8 Å². The summed E-state index contributed by atoms with van der Waals surface area (Å²) in [7, 11) is 0. The first-order valence-corrected chi connectivity index (χ1v) is 5.66. The lowest BCUT2D eigenvalue weighted by atomic mass is 10.1. The number of nitrogens with zero attached hydrogens (tertiary/aromatic N) is 1. The summed E-state index contributed by atoms with van der Waals surface area (Å²) in [5, 5.41) is 8.65. The number of pyridine rings is 1. The number of alkyl halides is 3. The minimum atomic E-state index is -4.90. The van der Waals surface area contributed by atoms with Crippen LogP contribution >= 0.6 is 22.6 Å². The zero-order valence-corrected chi connectivity index (χ0v) is 10.9. The van der Waals surface area contributed by atoms with Crippen molar-refractivity contribution in [2.24, 2.45) is 5.73 Å². The third-order valence-electron chi connectivity index (χ3n) is 1.85. The number of hydrogen-bond donors (Lipinski definition) is 2. The van der Waals surface area contributed by atoms with Crippen molar-refractivity contribution in [3.63, 3.8) is 0 Å². The van der Waals surface area contributed by atoms with Gasteiger partial charge in [-0.05, 0) is 22.6 Å². The molecule has 1 heterocycles. The molecule has 5 nitrogen and oxygen atoms in total. The van der Waals surface area contributed by atoms with E-state index in [9.17, 15) is 18.0 Å². The van der Waals surface area contributed by atoms with Crippen LogP contribution in [0.1, 0.15) is 11.3 Å². The average Bonchev–Trinajstić information content (AvgIpc) is 2.20. The highest BCUT2D eigenvalue weighted by molar-refractivity contribution is 14.1. The number of nitrogens with two attached hydrogens (primary N) is 1. The predicted molar refractivity (Wildman–Crippen MR) is 62.9 cm³/mol. The Hall–Kier alpha value is -1.10. The fraction of sp³-hybridized carbons (Fsp3) is 0.333. The third-order valence-corrected chi connectivity index (χ3v) is 2.74. The lowest BCUT2D eigenvalue weighted by Crippen LogP contribution is -2.20. The van der Waals surface area contributed by atoms with Crippen LogP contribution in [0, 0.1) is 3.70 Å². The summed E-state index contributed by atoms with van der Waals surface area (Å²) in [4.78, 5) is 14.5. The van der Waals surface area contributed by atoms with Crippen LogP contribution in [0.25, 0.3) is 0 Å². The van der Waals surface area contributed by atoms with Crippen molar-refractivity contribution in [2.75, 3.05) is 0 Å². The van der Waals surface area contributed by atoms with E-state index in [2.05, 4.69) is 9.72 Å². The first-order valence-electron chi connectivity index (χ1n) is 4.59. The lowest BCUT2D eigenvalue weighted by Gasteiger charge is -2.14. The minimum Gasteiger partial charge on any atom is -0.481 e. The summed E-state index contributed by atoms with van der Waals surface area (Å²) in [6, 6.07) is 0.994. The smallest absolute Gasteiger partial charge is 0.481 e. The van der Waals surface area contributed by atoms with Gasteiger partial charge in [0, 0.05) is 18.2 Å². The topological polar surface area (TPSA) is 85.4 Å². The second kappa shape index (κ2) is 5.69. The minimum absolute atomic E-state index is 0.0719. The highest BCUT2D eigenvalue weighted by Crippen LogP contribution is 2.30. The lowest BCUT2D eigenvalue weighted by molar-refractivity contribution is -0.275. The molecule has 1 aromatic rings. The van der Waals surface area contributed by atoms with Gasteiger partial charge in [-0.3, -0.25) is 4.79 Å². The van der Waals surface area contributed by atoms with Gasteiger partial charge in [0.05, 0.1) is 12.1 Å². The number of carboxylic acids is 1. The molecule has 0 spiro atoms. The Balaban J connectivity index is 3.24. The Morgan fingerprint density at radius 2 is 2.17 bits per heavy atom. The highest BCUT2D eigenvalue weighted by atomic mass is 127. The molecule has 9 heteroatoms. The number of hydrogen-bond acceptors (Lipinski definition) is 4. The second-order valence-electron chi connectivity index (χ2n) is 3.20. The standard InChI is InChI=1S/C9H8F3IN2O3/c10-9(11,12)18-6-1-4(3-14)15-8(13)5(6)2-7(16)17/h1H,2-3,14H2,(H,16,17). The van der Waals surface area contributed by atoms with Gasteiger partial charge >= 0.3 is 12.3 Å². The molecule has 0 saturated carbocycles. The molecule has 18 heavy (non-hydrogen) atoms. The summed E-state index contributed by atoms with van der Waals surface area (Å²) >= 11 is 1.64. The quantitative estimate of drug-likeness (QED) is 0.617. The van der Waals surface area contributed by atoms with Crippen LogP contribution in [-0.4, -0.2) is 22.4 Å². The molecule has 0 aliphatic carbocycles. The van der Waals surface area contributed by atoms with E-state index in [1.165, 1.54) is 0 Å². The van der Waals surface area contributed by atoms with Crippen LogP contribution in [0.4, 0.5) is 13.2 Å². The van der Waals surface area contributed by atoms with Crippen molar-refractivity contribution >= 4 is 28.6 Å². The van der Waals surface area contributed by atoms with Crippen LogP contribution in [0.5, 0.6) is 5.75 Å². The Bertz CT molecular complexity index is 465. The number of ether oxygens (including phenoxy) is 1. The Labute approximate surface area is 113 Å². The maximum absolute atomic E-state index is 12.2. The number of rotatable bonds is 4. The summed E-state index contributed by atoms with van der Waals surface area (Å²) in [5.74, 6) is -1.85. The van der Waals surface area contributed by atoms with E-state index in [0.717, 1.165) is 6.07 Å². The summed E-state index contributed by atoms with van der Waals surface area (Å²) in [6.45, 7) is -0.0719. The third kappa shape index (κ3) is 4.29. The van der Waals surface area contributed by atoms with Crippen molar-refractivity contribution in [1.82, 2.24) is 4.98 Å². The molecule has 100 valence electrons. The fourth-order valence-electron chi connectivity index (χ4n) is 1.20. The number of carbonyl (C=O) groups is 1. The molecule has 0 unspecified atom stereocenters.